The van der Waals surface area contributed by atoms with Gasteiger partial charge in [0.25, 0.3) is 0 Å². The number of hydrogen-bond acceptors (Lipinski definition) is 7. The van der Waals surface area contributed by atoms with Crippen LogP contribution in [-0.4, -0.2) is 50.3 Å². The van der Waals surface area contributed by atoms with Gasteiger partial charge in [-0.3, -0.25) is 9.59 Å². The highest BCUT2D eigenvalue weighted by atomic mass is 16.7. The van der Waals surface area contributed by atoms with Crippen LogP contribution in [-0.2, 0) is 38.9 Å². The van der Waals surface area contributed by atoms with Crippen molar-refractivity contribution < 1.29 is 33.3 Å². The molecule has 0 aromatic heterocycles. The average molecular weight is 491 g/mol. The number of methoxy groups -OCH3 is 1. The van der Waals surface area contributed by atoms with Crippen molar-refractivity contribution in [3.8, 4) is 0 Å². The number of carbonyl (C=O) groups is 2. The quantitative estimate of drug-likeness (QED) is 0.345. The lowest BCUT2D eigenvalue weighted by atomic mass is 9.79. The average Bonchev–Trinajstić information content (AvgIpc) is 2.90. The summed E-state index contributed by atoms with van der Waals surface area (Å²) in [7, 11) is 1.49. The summed E-state index contributed by atoms with van der Waals surface area (Å²) in [5, 5.41) is 0. The maximum atomic E-state index is 12.2. The number of benzene rings is 3. The van der Waals surface area contributed by atoms with Gasteiger partial charge in [-0.25, -0.2) is 0 Å². The Kier molecular flexibility index (Phi) is 8.15. The first-order valence-corrected chi connectivity index (χ1v) is 11.8. The Morgan fingerprint density at radius 3 is 1.56 bits per heavy atom. The van der Waals surface area contributed by atoms with E-state index in [-0.39, 0.29) is 6.61 Å². The molecule has 0 aliphatic carbocycles. The Morgan fingerprint density at radius 1 is 0.722 bits per heavy atom. The molecule has 0 spiro atoms. The molecule has 7 heteroatoms. The predicted octanol–water partition coefficient (Wildman–Crippen LogP) is 4.23. The van der Waals surface area contributed by atoms with Crippen LogP contribution in [0.15, 0.2) is 91.0 Å². The maximum absolute atomic E-state index is 12.2. The first-order chi connectivity index (χ1) is 17.5. The molecule has 0 radical (unpaired) electrons. The van der Waals surface area contributed by atoms with Crippen LogP contribution in [0.4, 0.5) is 0 Å². The molecule has 0 unspecified atom stereocenters. The Balaban J connectivity index is 1.92. The maximum Gasteiger partial charge on any atom is 0.303 e. The highest BCUT2D eigenvalue weighted by Gasteiger charge is 2.51. The molecular weight excluding hydrogens is 460 g/mol. The number of ether oxygens (including phenoxy) is 5. The standard InChI is InChI=1S/C29H30O7/c1-20(30)34-25-19-33-28(32-3)27(26(25)35-21(2)31)36-29(22-13-7-4-8-14-22,23-15-9-5-10-16-23)24-17-11-6-12-18-24/h4-18,25-28H,19H2,1-3H3/t25-,26+,27-,28-/m1/s1. The molecule has 1 heterocycles. The molecule has 0 saturated carbocycles. The zero-order chi connectivity index (χ0) is 25.5. The molecule has 3 aromatic rings. The molecule has 0 bridgehead atoms. The van der Waals surface area contributed by atoms with Gasteiger partial charge in [-0.15, -0.1) is 0 Å². The van der Waals surface area contributed by atoms with E-state index in [4.69, 9.17) is 23.7 Å². The molecule has 1 saturated heterocycles. The van der Waals surface area contributed by atoms with Crippen molar-refractivity contribution in [3.05, 3.63) is 108 Å². The topological polar surface area (TPSA) is 80.3 Å². The van der Waals surface area contributed by atoms with Crippen LogP contribution in [0.5, 0.6) is 0 Å². The first-order valence-electron chi connectivity index (χ1n) is 11.8. The van der Waals surface area contributed by atoms with Gasteiger partial charge >= 0.3 is 11.9 Å². The van der Waals surface area contributed by atoms with E-state index in [2.05, 4.69) is 0 Å². The monoisotopic (exact) mass is 490 g/mol. The second-order valence-electron chi connectivity index (χ2n) is 8.52. The zero-order valence-electron chi connectivity index (χ0n) is 20.5. The van der Waals surface area contributed by atoms with E-state index in [9.17, 15) is 9.59 Å². The van der Waals surface area contributed by atoms with E-state index in [1.165, 1.54) is 21.0 Å². The minimum Gasteiger partial charge on any atom is -0.456 e. The summed E-state index contributed by atoms with van der Waals surface area (Å²) in [6, 6.07) is 29.3. The summed E-state index contributed by atoms with van der Waals surface area (Å²) in [6.07, 6.45) is -3.68. The van der Waals surface area contributed by atoms with Crippen molar-refractivity contribution in [3.63, 3.8) is 0 Å². The Morgan fingerprint density at radius 2 is 1.17 bits per heavy atom. The smallest absolute Gasteiger partial charge is 0.303 e. The highest BCUT2D eigenvalue weighted by Crippen LogP contribution is 2.43. The Bertz CT molecular complexity index is 1040. The molecule has 7 nitrogen and oxygen atoms in total. The van der Waals surface area contributed by atoms with E-state index in [1.807, 2.05) is 91.0 Å². The fourth-order valence-electron chi connectivity index (χ4n) is 4.65. The largest absolute Gasteiger partial charge is 0.456 e. The molecule has 4 rings (SSSR count). The van der Waals surface area contributed by atoms with Crippen LogP contribution in [0.3, 0.4) is 0 Å². The van der Waals surface area contributed by atoms with Gasteiger partial charge in [0.15, 0.2) is 24.6 Å². The van der Waals surface area contributed by atoms with Crippen molar-refractivity contribution >= 4 is 11.9 Å². The van der Waals surface area contributed by atoms with Gasteiger partial charge in [-0.2, -0.15) is 0 Å². The van der Waals surface area contributed by atoms with Crippen molar-refractivity contribution in [1.82, 2.24) is 0 Å². The minimum atomic E-state index is -1.13. The third-order valence-electron chi connectivity index (χ3n) is 6.09. The summed E-state index contributed by atoms with van der Waals surface area (Å²) in [4.78, 5) is 24.0. The van der Waals surface area contributed by atoms with Crippen molar-refractivity contribution in [2.24, 2.45) is 0 Å². The van der Waals surface area contributed by atoms with E-state index in [0.717, 1.165) is 16.7 Å². The fourth-order valence-corrected chi connectivity index (χ4v) is 4.65. The van der Waals surface area contributed by atoms with Crippen LogP contribution in [0.1, 0.15) is 30.5 Å². The number of carbonyl (C=O) groups excluding carboxylic acids is 2. The van der Waals surface area contributed by atoms with Crippen molar-refractivity contribution in [1.29, 1.82) is 0 Å². The number of hydrogen-bond donors (Lipinski definition) is 0. The second kappa shape index (κ2) is 11.5. The van der Waals surface area contributed by atoms with Gasteiger partial charge in [0, 0.05) is 21.0 Å². The summed E-state index contributed by atoms with van der Waals surface area (Å²) >= 11 is 0. The Labute approximate surface area is 210 Å². The molecule has 0 N–H and O–H groups in total. The van der Waals surface area contributed by atoms with Crippen LogP contribution in [0, 0.1) is 0 Å². The minimum absolute atomic E-state index is 0.00902. The van der Waals surface area contributed by atoms with Gasteiger partial charge in [-0.1, -0.05) is 91.0 Å². The number of esters is 2. The summed E-state index contributed by atoms with van der Waals surface area (Å²) < 4.78 is 29.8. The third kappa shape index (κ3) is 5.33. The second-order valence-corrected chi connectivity index (χ2v) is 8.52. The summed E-state index contributed by atoms with van der Waals surface area (Å²) in [6.45, 7) is 2.59. The van der Waals surface area contributed by atoms with Crippen LogP contribution >= 0.6 is 0 Å². The van der Waals surface area contributed by atoms with Crippen LogP contribution in [0.2, 0.25) is 0 Å². The van der Waals surface area contributed by atoms with Crippen LogP contribution < -0.4 is 0 Å². The van der Waals surface area contributed by atoms with Crippen molar-refractivity contribution in [2.45, 2.75) is 44.1 Å². The van der Waals surface area contributed by atoms with E-state index >= 15 is 0 Å². The van der Waals surface area contributed by atoms with E-state index in [1.54, 1.807) is 0 Å². The molecule has 4 atom stereocenters. The summed E-state index contributed by atoms with van der Waals surface area (Å²) in [5.41, 5.74) is 1.43. The van der Waals surface area contributed by atoms with Gasteiger partial charge in [0.2, 0.25) is 0 Å². The lowest BCUT2D eigenvalue weighted by Crippen LogP contribution is -2.59. The molecule has 1 aliphatic heterocycles. The highest BCUT2D eigenvalue weighted by molar-refractivity contribution is 5.67. The SMILES string of the molecule is CO[C@@H]1OC[C@@H](OC(C)=O)[C@H](OC(C)=O)[C@H]1OC(c1ccccc1)(c1ccccc1)c1ccccc1. The summed E-state index contributed by atoms with van der Waals surface area (Å²) in [5.74, 6) is -1.05. The third-order valence-corrected chi connectivity index (χ3v) is 6.09. The lowest BCUT2D eigenvalue weighted by Gasteiger charge is -2.46. The van der Waals surface area contributed by atoms with Gasteiger partial charge in [-0.05, 0) is 16.7 Å². The number of rotatable bonds is 8. The molecular formula is C29H30O7. The first kappa shape index (κ1) is 25.6. The molecule has 1 aliphatic rings. The van der Waals surface area contributed by atoms with Gasteiger partial charge in [0.05, 0.1) is 6.61 Å². The van der Waals surface area contributed by atoms with Crippen LogP contribution in [0.25, 0.3) is 0 Å². The van der Waals surface area contributed by atoms with Gasteiger partial charge in [0.1, 0.15) is 5.60 Å². The molecule has 188 valence electrons. The molecule has 1 fully saturated rings. The normalized spacial score (nSPS) is 22.0. The molecule has 3 aromatic carbocycles. The Hall–Kier alpha value is -3.52. The molecule has 36 heavy (non-hydrogen) atoms. The predicted molar refractivity (Wildman–Crippen MR) is 132 cm³/mol. The van der Waals surface area contributed by atoms with Gasteiger partial charge < -0.3 is 23.7 Å². The lowest BCUT2D eigenvalue weighted by molar-refractivity contribution is -0.294. The van der Waals surface area contributed by atoms with E-state index < -0.39 is 42.1 Å². The molecule has 0 amide bonds. The fraction of sp³-hybridized carbons (Fsp3) is 0.310. The van der Waals surface area contributed by atoms with Crippen molar-refractivity contribution in [2.75, 3.05) is 13.7 Å². The zero-order valence-corrected chi connectivity index (χ0v) is 20.5. The van der Waals surface area contributed by atoms with E-state index in [0.29, 0.717) is 0 Å².